The molecule has 98 valence electrons. The van der Waals surface area contributed by atoms with E-state index in [4.69, 9.17) is 4.74 Å². The number of likely N-dealkylation sites (N-methyl/N-ethyl adjacent to an activating group) is 1. The minimum Gasteiger partial charge on any atom is -0.376 e. The predicted molar refractivity (Wildman–Crippen MR) is 72.5 cm³/mol. The van der Waals surface area contributed by atoms with Gasteiger partial charge in [0.15, 0.2) is 0 Å². The van der Waals surface area contributed by atoms with Gasteiger partial charge in [0.25, 0.3) is 5.91 Å². The minimum absolute atomic E-state index is 0.0586. The predicted octanol–water partition coefficient (Wildman–Crippen LogP) is 2.49. The molecule has 1 amide bonds. The average Bonchev–Trinajstić information content (AvgIpc) is 2.40. The SMILES string of the molecule is CN(CC1CCCCO1)C(=O)c1ccc(Br)cn1. The Balaban J connectivity index is 1.93. The third kappa shape index (κ3) is 3.53. The normalized spacial score (nSPS) is 19.6. The van der Waals surface area contributed by atoms with Gasteiger partial charge in [-0.1, -0.05) is 0 Å². The van der Waals surface area contributed by atoms with Gasteiger partial charge in [0.2, 0.25) is 0 Å². The van der Waals surface area contributed by atoms with Crippen molar-refractivity contribution in [2.45, 2.75) is 25.4 Å². The third-order valence-electron chi connectivity index (χ3n) is 3.04. The Morgan fingerprint density at radius 2 is 2.39 bits per heavy atom. The zero-order chi connectivity index (χ0) is 13.0. The van der Waals surface area contributed by atoms with Crippen molar-refractivity contribution in [1.82, 2.24) is 9.88 Å². The Labute approximate surface area is 115 Å². The van der Waals surface area contributed by atoms with Gasteiger partial charge in [-0.05, 0) is 47.3 Å². The van der Waals surface area contributed by atoms with Crippen LogP contribution >= 0.6 is 15.9 Å². The molecule has 1 aliphatic heterocycles. The highest BCUT2D eigenvalue weighted by molar-refractivity contribution is 9.10. The molecule has 1 aromatic rings. The van der Waals surface area contributed by atoms with Crippen molar-refractivity contribution in [1.29, 1.82) is 0 Å². The molecule has 2 heterocycles. The summed E-state index contributed by atoms with van der Waals surface area (Å²) < 4.78 is 6.50. The number of rotatable bonds is 3. The standard InChI is InChI=1S/C13H17BrN2O2/c1-16(9-11-4-2-3-7-18-11)13(17)12-6-5-10(14)8-15-12/h5-6,8,11H,2-4,7,9H2,1H3. The van der Waals surface area contributed by atoms with Crippen LogP contribution in [0.15, 0.2) is 22.8 Å². The van der Waals surface area contributed by atoms with E-state index in [9.17, 15) is 4.79 Å². The minimum atomic E-state index is -0.0586. The largest absolute Gasteiger partial charge is 0.376 e. The van der Waals surface area contributed by atoms with E-state index in [1.807, 2.05) is 6.07 Å². The van der Waals surface area contributed by atoms with Crippen molar-refractivity contribution in [2.24, 2.45) is 0 Å². The van der Waals surface area contributed by atoms with E-state index in [1.54, 1.807) is 24.2 Å². The second-order valence-electron chi connectivity index (χ2n) is 4.54. The molecule has 0 aromatic carbocycles. The van der Waals surface area contributed by atoms with Gasteiger partial charge < -0.3 is 9.64 Å². The molecule has 1 fully saturated rings. The Morgan fingerprint density at radius 3 is 3.00 bits per heavy atom. The van der Waals surface area contributed by atoms with Crippen LogP contribution in [0.3, 0.4) is 0 Å². The number of carbonyl (C=O) groups is 1. The highest BCUT2D eigenvalue weighted by Gasteiger charge is 2.20. The topological polar surface area (TPSA) is 42.4 Å². The first-order valence-corrected chi connectivity index (χ1v) is 6.95. The van der Waals surface area contributed by atoms with Crippen LogP contribution in [0, 0.1) is 0 Å². The first kappa shape index (κ1) is 13.5. The van der Waals surface area contributed by atoms with Crippen LogP contribution in [-0.4, -0.2) is 42.1 Å². The smallest absolute Gasteiger partial charge is 0.272 e. The zero-order valence-electron chi connectivity index (χ0n) is 10.4. The molecule has 1 unspecified atom stereocenters. The lowest BCUT2D eigenvalue weighted by atomic mass is 10.1. The maximum absolute atomic E-state index is 12.1. The van der Waals surface area contributed by atoms with Gasteiger partial charge in [-0.25, -0.2) is 4.98 Å². The quantitative estimate of drug-likeness (QED) is 0.861. The summed E-state index contributed by atoms with van der Waals surface area (Å²) in [5.41, 5.74) is 0.469. The maximum atomic E-state index is 12.1. The Bertz CT molecular complexity index is 402. The van der Waals surface area contributed by atoms with Crippen LogP contribution in [0.1, 0.15) is 29.8 Å². The van der Waals surface area contributed by atoms with Crippen LogP contribution in [0.25, 0.3) is 0 Å². The number of hydrogen-bond acceptors (Lipinski definition) is 3. The molecule has 2 rings (SSSR count). The molecule has 0 bridgehead atoms. The van der Waals surface area contributed by atoms with Crippen molar-refractivity contribution in [3.8, 4) is 0 Å². The number of halogens is 1. The summed E-state index contributed by atoms with van der Waals surface area (Å²) in [7, 11) is 1.80. The molecular weight excluding hydrogens is 296 g/mol. The van der Waals surface area contributed by atoms with Crippen molar-refractivity contribution in [2.75, 3.05) is 20.2 Å². The molecule has 5 heteroatoms. The van der Waals surface area contributed by atoms with Crippen LogP contribution in [-0.2, 0) is 4.74 Å². The van der Waals surface area contributed by atoms with Crippen LogP contribution in [0.5, 0.6) is 0 Å². The number of carbonyl (C=O) groups excluding carboxylic acids is 1. The molecule has 0 radical (unpaired) electrons. The molecule has 1 aliphatic rings. The number of hydrogen-bond donors (Lipinski definition) is 0. The molecular formula is C13H17BrN2O2. The van der Waals surface area contributed by atoms with Gasteiger partial charge in [0.1, 0.15) is 5.69 Å². The van der Waals surface area contributed by atoms with Crippen molar-refractivity contribution < 1.29 is 9.53 Å². The van der Waals surface area contributed by atoms with Crippen LogP contribution < -0.4 is 0 Å². The summed E-state index contributed by atoms with van der Waals surface area (Å²) in [5.74, 6) is -0.0586. The number of aromatic nitrogens is 1. The highest BCUT2D eigenvalue weighted by atomic mass is 79.9. The van der Waals surface area contributed by atoms with E-state index in [1.165, 1.54) is 6.42 Å². The molecule has 18 heavy (non-hydrogen) atoms. The van der Waals surface area contributed by atoms with E-state index < -0.39 is 0 Å². The summed E-state index contributed by atoms with van der Waals surface area (Å²) in [6.07, 6.45) is 5.15. The maximum Gasteiger partial charge on any atom is 0.272 e. The first-order chi connectivity index (χ1) is 8.66. The summed E-state index contributed by atoms with van der Waals surface area (Å²) >= 11 is 3.30. The van der Waals surface area contributed by atoms with E-state index in [0.717, 1.165) is 23.9 Å². The lowest BCUT2D eigenvalue weighted by Crippen LogP contribution is -2.37. The van der Waals surface area contributed by atoms with Gasteiger partial charge >= 0.3 is 0 Å². The fourth-order valence-corrected chi connectivity index (χ4v) is 2.27. The van der Waals surface area contributed by atoms with E-state index in [-0.39, 0.29) is 12.0 Å². The molecule has 1 aromatic heterocycles. The first-order valence-electron chi connectivity index (χ1n) is 6.15. The van der Waals surface area contributed by atoms with Crippen molar-refractivity contribution in [3.63, 3.8) is 0 Å². The number of ether oxygens (including phenoxy) is 1. The lowest BCUT2D eigenvalue weighted by molar-refractivity contribution is -0.000290. The fraction of sp³-hybridized carbons (Fsp3) is 0.538. The molecule has 4 nitrogen and oxygen atoms in total. The van der Waals surface area contributed by atoms with Gasteiger partial charge in [-0.15, -0.1) is 0 Å². The van der Waals surface area contributed by atoms with Crippen molar-refractivity contribution in [3.05, 3.63) is 28.5 Å². The molecule has 1 atom stereocenters. The molecule has 0 N–H and O–H groups in total. The Morgan fingerprint density at radius 1 is 1.56 bits per heavy atom. The highest BCUT2D eigenvalue weighted by Crippen LogP contribution is 2.14. The van der Waals surface area contributed by atoms with Gasteiger partial charge in [-0.3, -0.25) is 4.79 Å². The molecule has 1 saturated heterocycles. The molecule has 0 saturated carbocycles. The third-order valence-corrected chi connectivity index (χ3v) is 3.51. The Hall–Kier alpha value is -0.940. The fourth-order valence-electron chi connectivity index (χ4n) is 2.04. The van der Waals surface area contributed by atoms with Crippen molar-refractivity contribution >= 4 is 21.8 Å². The van der Waals surface area contributed by atoms with Gasteiger partial charge in [0, 0.05) is 30.9 Å². The van der Waals surface area contributed by atoms with Gasteiger partial charge in [-0.2, -0.15) is 0 Å². The summed E-state index contributed by atoms with van der Waals surface area (Å²) in [5, 5.41) is 0. The van der Waals surface area contributed by atoms with E-state index in [0.29, 0.717) is 12.2 Å². The van der Waals surface area contributed by atoms with Gasteiger partial charge in [0.05, 0.1) is 6.10 Å². The monoisotopic (exact) mass is 312 g/mol. The number of amides is 1. The van der Waals surface area contributed by atoms with Crippen LogP contribution in [0.2, 0.25) is 0 Å². The molecule has 0 spiro atoms. The van der Waals surface area contributed by atoms with E-state index >= 15 is 0 Å². The average molecular weight is 313 g/mol. The second kappa shape index (κ2) is 6.29. The zero-order valence-corrected chi connectivity index (χ0v) is 12.0. The lowest BCUT2D eigenvalue weighted by Gasteiger charge is -2.27. The summed E-state index contributed by atoms with van der Waals surface area (Å²) in [6, 6.07) is 3.55. The molecule has 0 aliphatic carbocycles. The Kier molecular flexibility index (Phi) is 4.72. The van der Waals surface area contributed by atoms with E-state index in [2.05, 4.69) is 20.9 Å². The number of nitrogens with zero attached hydrogens (tertiary/aromatic N) is 2. The summed E-state index contributed by atoms with van der Waals surface area (Å²) in [4.78, 5) is 17.9. The second-order valence-corrected chi connectivity index (χ2v) is 5.45. The van der Waals surface area contributed by atoms with Crippen LogP contribution in [0.4, 0.5) is 0 Å². The number of pyridine rings is 1. The summed E-state index contributed by atoms with van der Waals surface area (Å²) in [6.45, 7) is 1.44.